The lowest BCUT2D eigenvalue weighted by Gasteiger charge is -2.26. The molecule has 29 heavy (non-hydrogen) atoms. The van der Waals surface area contributed by atoms with Crippen LogP contribution in [0.4, 0.5) is 0 Å². The first-order valence-corrected chi connectivity index (χ1v) is 9.67. The maximum Gasteiger partial charge on any atom is 0.119 e. The van der Waals surface area contributed by atoms with Gasteiger partial charge in [-0.25, -0.2) is 0 Å². The lowest BCUT2D eigenvalue weighted by molar-refractivity contribution is 0.0325. The highest BCUT2D eigenvalue weighted by atomic mass is 16.5. The summed E-state index contributed by atoms with van der Waals surface area (Å²) in [5.41, 5.74) is 2.08. The minimum absolute atomic E-state index is 0.192. The quantitative estimate of drug-likeness (QED) is 0.567. The summed E-state index contributed by atoms with van der Waals surface area (Å²) in [6, 6.07) is 15.8. The van der Waals surface area contributed by atoms with E-state index in [0.717, 1.165) is 11.1 Å². The van der Waals surface area contributed by atoms with Crippen molar-refractivity contribution in [2.24, 2.45) is 0 Å². The zero-order valence-electron chi connectivity index (χ0n) is 17.6. The molecule has 0 aliphatic carbocycles. The lowest BCUT2D eigenvalue weighted by Crippen LogP contribution is -2.23. The Balaban J connectivity index is 1.98. The monoisotopic (exact) mass is 404 g/mol. The first-order valence-electron chi connectivity index (χ1n) is 9.67. The molecule has 0 aliphatic heterocycles. The van der Waals surface area contributed by atoms with Crippen LogP contribution in [0.3, 0.4) is 0 Å². The van der Waals surface area contributed by atoms with Gasteiger partial charge in [0.1, 0.15) is 36.9 Å². The molecule has 0 aliphatic rings. The van der Waals surface area contributed by atoms with Crippen LogP contribution in [0, 0.1) is 0 Å². The molecule has 0 radical (unpaired) electrons. The highest BCUT2D eigenvalue weighted by molar-refractivity contribution is 5.41. The van der Waals surface area contributed by atoms with Gasteiger partial charge < -0.3 is 29.2 Å². The molecule has 0 saturated carbocycles. The molecule has 6 heteroatoms. The molecule has 0 fully saturated rings. The fraction of sp³-hybridized carbons (Fsp3) is 0.478. The fourth-order valence-electron chi connectivity index (χ4n) is 2.97. The Morgan fingerprint density at radius 1 is 0.655 bits per heavy atom. The van der Waals surface area contributed by atoms with Crippen LogP contribution in [-0.2, 0) is 14.9 Å². The normalized spacial score (nSPS) is 13.7. The van der Waals surface area contributed by atoms with Crippen molar-refractivity contribution in [1.29, 1.82) is 0 Å². The molecule has 0 bridgehead atoms. The molecule has 0 spiro atoms. The van der Waals surface area contributed by atoms with Crippen LogP contribution in [-0.4, -0.2) is 63.1 Å². The molecule has 0 heterocycles. The van der Waals surface area contributed by atoms with E-state index in [-0.39, 0.29) is 31.8 Å². The van der Waals surface area contributed by atoms with Gasteiger partial charge in [-0.3, -0.25) is 0 Å². The molecular weight excluding hydrogens is 372 g/mol. The molecule has 2 atom stereocenters. The predicted octanol–water partition coefficient (Wildman–Crippen LogP) is 2.78. The Morgan fingerprint density at radius 3 is 1.31 bits per heavy atom. The molecule has 2 aromatic rings. The highest BCUT2D eigenvalue weighted by Gasteiger charge is 2.23. The van der Waals surface area contributed by atoms with Gasteiger partial charge in [-0.2, -0.15) is 0 Å². The van der Waals surface area contributed by atoms with Crippen molar-refractivity contribution in [3.63, 3.8) is 0 Å². The molecular formula is C23H32O6. The second-order valence-electron chi connectivity index (χ2n) is 7.51. The topological polar surface area (TPSA) is 77.4 Å². The summed E-state index contributed by atoms with van der Waals surface area (Å²) in [6.45, 7) is 5.19. The number of aliphatic hydroxyl groups excluding tert-OH is 2. The Hall–Kier alpha value is -2.12. The van der Waals surface area contributed by atoms with E-state index in [9.17, 15) is 10.2 Å². The number of aliphatic hydroxyl groups is 2. The summed E-state index contributed by atoms with van der Waals surface area (Å²) in [4.78, 5) is 0. The van der Waals surface area contributed by atoms with E-state index >= 15 is 0 Å². The number of benzene rings is 2. The van der Waals surface area contributed by atoms with E-state index in [4.69, 9.17) is 18.9 Å². The number of hydrogen-bond acceptors (Lipinski definition) is 6. The molecule has 2 N–H and O–H groups in total. The molecule has 2 aromatic carbocycles. The van der Waals surface area contributed by atoms with Crippen molar-refractivity contribution in [3.05, 3.63) is 59.7 Å². The van der Waals surface area contributed by atoms with Crippen molar-refractivity contribution in [1.82, 2.24) is 0 Å². The van der Waals surface area contributed by atoms with E-state index < -0.39 is 12.2 Å². The van der Waals surface area contributed by atoms with E-state index in [0.29, 0.717) is 11.5 Å². The highest BCUT2D eigenvalue weighted by Crippen LogP contribution is 2.33. The lowest BCUT2D eigenvalue weighted by atomic mass is 9.78. The van der Waals surface area contributed by atoms with Crippen molar-refractivity contribution in [3.8, 4) is 11.5 Å². The fourth-order valence-corrected chi connectivity index (χ4v) is 2.97. The van der Waals surface area contributed by atoms with Gasteiger partial charge in [-0.15, -0.1) is 0 Å². The molecule has 0 unspecified atom stereocenters. The molecule has 160 valence electrons. The summed E-state index contributed by atoms with van der Waals surface area (Å²) in [5, 5.41) is 19.4. The van der Waals surface area contributed by atoms with Crippen molar-refractivity contribution in [2.75, 3.05) is 40.6 Å². The van der Waals surface area contributed by atoms with Gasteiger partial charge >= 0.3 is 0 Å². The first-order chi connectivity index (χ1) is 13.9. The number of rotatable bonds is 12. The third kappa shape index (κ3) is 7.01. The van der Waals surface area contributed by atoms with Crippen molar-refractivity contribution >= 4 is 0 Å². The van der Waals surface area contributed by atoms with Gasteiger partial charge in [-0.05, 0) is 35.4 Å². The Bertz CT molecular complexity index is 650. The number of hydrogen-bond donors (Lipinski definition) is 2. The minimum atomic E-state index is -0.646. The maximum atomic E-state index is 9.68. The van der Waals surface area contributed by atoms with Gasteiger partial charge in [0, 0.05) is 19.6 Å². The predicted molar refractivity (Wildman–Crippen MR) is 112 cm³/mol. The van der Waals surface area contributed by atoms with Crippen LogP contribution in [0.15, 0.2) is 48.5 Å². The zero-order valence-corrected chi connectivity index (χ0v) is 17.6. The summed E-state index contributed by atoms with van der Waals surface area (Å²) in [5.74, 6) is 1.41. The average Bonchev–Trinajstić information content (AvgIpc) is 2.72. The second-order valence-corrected chi connectivity index (χ2v) is 7.51. The Morgan fingerprint density at radius 2 is 1.00 bits per heavy atom. The van der Waals surface area contributed by atoms with Crippen LogP contribution in [0.5, 0.6) is 11.5 Å². The summed E-state index contributed by atoms with van der Waals surface area (Å²) in [7, 11) is 3.09. The summed E-state index contributed by atoms with van der Waals surface area (Å²) >= 11 is 0. The summed E-state index contributed by atoms with van der Waals surface area (Å²) in [6.07, 6.45) is -1.29. The van der Waals surface area contributed by atoms with Crippen LogP contribution >= 0.6 is 0 Å². The van der Waals surface area contributed by atoms with Crippen molar-refractivity contribution < 1.29 is 29.2 Å². The Labute approximate surface area is 173 Å². The van der Waals surface area contributed by atoms with Gasteiger partial charge in [0.25, 0.3) is 0 Å². The largest absolute Gasteiger partial charge is 0.491 e. The summed E-state index contributed by atoms with van der Waals surface area (Å²) < 4.78 is 21.0. The maximum absolute atomic E-state index is 9.68. The van der Waals surface area contributed by atoms with E-state index in [1.807, 2.05) is 48.5 Å². The van der Waals surface area contributed by atoms with E-state index in [1.54, 1.807) is 14.2 Å². The molecule has 6 nitrogen and oxygen atoms in total. The molecule has 0 amide bonds. The van der Waals surface area contributed by atoms with E-state index in [2.05, 4.69) is 13.8 Å². The third-order valence-electron chi connectivity index (χ3n) is 4.75. The van der Waals surface area contributed by atoms with Crippen LogP contribution < -0.4 is 9.47 Å². The average molecular weight is 405 g/mol. The number of methoxy groups -OCH3 is 2. The third-order valence-corrected chi connectivity index (χ3v) is 4.75. The van der Waals surface area contributed by atoms with Crippen LogP contribution in [0.25, 0.3) is 0 Å². The van der Waals surface area contributed by atoms with Crippen LogP contribution in [0.2, 0.25) is 0 Å². The molecule has 0 aromatic heterocycles. The minimum Gasteiger partial charge on any atom is -0.491 e. The zero-order chi connectivity index (χ0) is 21.3. The van der Waals surface area contributed by atoms with Gasteiger partial charge in [-0.1, -0.05) is 38.1 Å². The molecule has 0 saturated heterocycles. The van der Waals surface area contributed by atoms with E-state index in [1.165, 1.54) is 0 Å². The van der Waals surface area contributed by atoms with Gasteiger partial charge in [0.05, 0.1) is 13.2 Å². The standard InChI is InChI=1S/C23H32O6/c1-23(2,17-5-9-21(10-6-17)28-15-19(24)13-26-3)18-7-11-22(12-8-18)29-16-20(25)14-27-4/h5-12,19-20,24-25H,13-16H2,1-4H3/t19-,20+. The van der Waals surface area contributed by atoms with Crippen LogP contribution in [0.1, 0.15) is 25.0 Å². The second kappa shape index (κ2) is 11.2. The van der Waals surface area contributed by atoms with Crippen molar-refractivity contribution in [2.45, 2.75) is 31.5 Å². The number of ether oxygens (including phenoxy) is 4. The first kappa shape index (κ1) is 23.2. The smallest absolute Gasteiger partial charge is 0.119 e. The van der Waals surface area contributed by atoms with Gasteiger partial charge in [0.2, 0.25) is 0 Å². The SMILES string of the molecule is COC[C@@H](O)COc1ccc(C(C)(C)c2ccc(OC[C@@H](O)COC)cc2)cc1. The Kier molecular flexibility index (Phi) is 8.92. The van der Waals surface area contributed by atoms with Gasteiger partial charge in [0.15, 0.2) is 0 Å². The molecule has 2 rings (SSSR count).